The minimum absolute atomic E-state index is 0.144. The van der Waals surface area contributed by atoms with Gasteiger partial charge in [-0.15, -0.1) is 0 Å². The molecule has 1 aromatic carbocycles. The SMILES string of the molecule is Oc1ccc(CCBr)cc1Cl. The summed E-state index contributed by atoms with van der Waals surface area (Å²) in [5, 5.41) is 10.4. The average molecular weight is 236 g/mol. The van der Waals surface area contributed by atoms with Crippen LogP contribution in [0.1, 0.15) is 5.56 Å². The van der Waals surface area contributed by atoms with Crippen LogP contribution in [0.25, 0.3) is 0 Å². The van der Waals surface area contributed by atoms with Crippen molar-refractivity contribution in [3.8, 4) is 5.75 Å². The molecule has 0 aliphatic carbocycles. The zero-order valence-corrected chi connectivity index (χ0v) is 8.19. The Morgan fingerprint density at radius 2 is 2.18 bits per heavy atom. The van der Waals surface area contributed by atoms with Crippen LogP contribution in [0.3, 0.4) is 0 Å². The summed E-state index contributed by atoms with van der Waals surface area (Å²) in [6.45, 7) is 0. The fourth-order valence-electron chi connectivity index (χ4n) is 0.815. The van der Waals surface area contributed by atoms with Crippen molar-refractivity contribution in [2.24, 2.45) is 0 Å². The molecule has 1 nitrogen and oxygen atoms in total. The number of hydrogen-bond acceptors (Lipinski definition) is 1. The maximum absolute atomic E-state index is 9.07. The van der Waals surface area contributed by atoms with Crippen LogP contribution in [0.5, 0.6) is 5.75 Å². The van der Waals surface area contributed by atoms with E-state index in [4.69, 9.17) is 16.7 Å². The molecule has 0 atom stereocenters. The standard InChI is InChI=1S/C8H8BrClO/c9-4-3-6-1-2-8(11)7(10)5-6/h1-2,5,11H,3-4H2. The Balaban J connectivity index is 2.86. The van der Waals surface area contributed by atoms with Gasteiger partial charge in [0.1, 0.15) is 5.75 Å². The molecule has 0 heterocycles. The molecule has 0 amide bonds. The van der Waals surface area contributed by atoms with E-state index in [0.29, 0.717) is 5.02 Å². The van der Waals surface area contributed by atoms with Gasteiger partial charge in [0.05, 0.1) is 5.02 Å². The van der Waals surface area contributed by atoms with E-state index in [1.54, 1.807) is 12.1 Å². The van der Waals surface area contributed by atoms with E-state index in [2.05, 4.69) is 15.9 Å². The monoisotopic (exact) mass is 234 g/mol. The van der Waals surface area contributed by atoms with Gasteiger partial charge in [-0.05, 0) is 24.1 Å². The molecular weight excluding hydrogens is 227 g/mol. The van der Waals surface area contributed by atoms with Gasteiger partial charge in [-0.3, -0.25) is 0 Å². The molecule has 60 valence electrons. The molecule has 0 bridgehead atoms. The lowest BCUT2D eigenvalue weighted by molar-refractivity contribution is 0.475. The normalized spacial score (nSPS) is 10.0. The van der Waals surface area contributed by atoms with Gasteiger partial charge in [-0.1, -0.05) is 33.6 Å². The highest BCUT2D eigenvalue weighted by molar-refractivity contribution is 9.09. The summed E-state index contributed by atoms with van der Waals surface area (Å²) in [4.78, 5) is 0. The third-order valence-corrected chi connectivity index (χ3v) is 2.09. The molecule has 0 radical (unpaired) electrons. The summed E-state index contributed by atoms with van der Waals surface area (Å²) < 4.78 is 0. The Kier molecular flexibility index (Phi) is 3.21. The summed E-state index contributed by atoms with van der Waals surface area (Å²) in [6.07, 6.45) is 0.931. The summed E-state index contributed by atoms with van der Waals surface area (Å²) in [6, 6.07) is 5.25. The zero-order valence-electron chi connectivity index (χ0n) is 5.85. The second kappa shape index (κ2) is 3.98. The van der Waals surface area contributed by atoms with Crippen LogP contribution < -0.4 is 0 Å². The highest BCUT2D eigenvalue weighted by Gasteiger charge is 1.98. The Labute approximate surface area is 79.1 Å². The van der Waals surface area contributed by atoms with Crippen molar-refractivity contribution < 1.29 is 5.11 Å². The minimum Gasteiger partial charge on any atom is -0.506 e. The van der Waals surface area contributed by atoms with Gasteiger partial charge >= 0.3 is 0 Å². The molecule has 0 aromatic heterocycles. The molecule has 0 saturated heterocycles. The smallest absolute Gasteiger partial charge is 0.134 e. The van der Waals surface area contributed by atoms with Gasteiger partial charge in [0.25, 0.3) is 0 Å². The van der Waals surface area contributed by atoms with Gasteiger partial charge in [-0.25, -0.2) is 0 Å². The van der Waals surface area contributed by atoms with E-state index in [1.807, 2.05) is 6.07 Å². The average Bonchev–Trinajstić information content (AvgIpc) is 1.98. The molecular formula is C8H8BrClO. The van der Waals surface area contributed by atoms with Crippen LogP contribution in [-0.4, -0.2) is 10.4 Å². The molecule has 0 saturated carbocycles. The largest absolute Gasteiger partial charge is 0.506 e. The van der Waals surface area contributed by atoms with Crippen LogP contribution in [0.15, 0.2) is 18.2 Å². The molecule has 1 aromatic rings. The number of halogens is 2. The Hall–Kier alpha value is -0.210. The van der Waals surface area contributed by atoms with Crippen LogP contribution in [-0.2, 0) is 6.42 Å². The van der Waals surface area contributed by atoms with Crippen molar-refractivity contribution in [3.63, 3.8) is 0 Å². The molecule has 0 unspecified atom stereocenters. The van der Waals surface area contributed by atoms with Crippen LogP contribution in [0, 0.1) is 0 Å². The number of rotatable bonds is 2. The molecule has 0 aliphatic heterocycles. The van der Waals surface area contributed by atoms with Gasteiger partial charge < -0.3 is 5.11 Å². The predicted molar refractivity (Wildman–Crippen MR) is 50.6 cm³/mol. The first-order chi connectivity index (χ1) is 5.24. The third-order valence-electron chi connectivity index (χ3n) is 1.40. The van der Waals surface area contributed by atoms with Crippen molar-refractivity contribution >= 4 is 27.5 Å². The second-order valence-electron chi connectivity index (χ2n) is 2.22. The van der Waals surface area contributed by atoms with Crippen molar-refractivity contribution in [3.05, 3.63) is 28.8 Å². The first-order valence-electron chi connectivity index (χ1n) is 3.27. The molecule has 1 N–H and O–H groups in total. The lowest BCUT2D eigenvalue weighted by atomic mass is 10.2. The van der Waals surface area contributed by atoms with E-state index in [-0.39, 0.29) is 5.75 Å². The lowest BCUT2D eigenvalue weighted by Crippen LogP contribution is -1.84. The first kappa shape index (κ1) is 8.88. The molecule has 3 heteroatoms. The van der Waals surface area contributed by atoms with E-state index >= 15 is 0 Å². The first-order valence-corrected chi connectivity index (χ1v) is 4.77. The van der Waals surface area contributed by atoms with Crippen LogP contribution in [0.4, 0.5) is 0 Å². The Morgan fingerprint density at radius 3 is 2.73 bits per heavy atom. The Morgan fingerprint density at radius 1 is 1.45 bits per heavy atom. The quantitative estimate of drug-likeness (QED) is 0.782. The van der Waals surface area contributed by atoms with E-state index in [1.165, 1.54) is 0 Å². The number of aromatic hydroxyl groups is 1. The number of hydrogen-bond donors (Lipinski definition) is 1. The maximum Gasteiger partial charge on any atom is 0.134 e. The van der Waals surface area contributed by atoms with Crippen molar-refractivity contribution in [1.29, 1.82) is 0 Å². The maximum atomic E-state index is 9.07. The summed E-state index contributed by atoms with van der Waals surface area (Å²) in [5.41, 5.74) is 1.13. The molecule has 1 rings (SSSR count). The summed E-state index contributed by atoms with van der Waals surface area (Å²) in [5.74, 6) is 0.144. The van der Waals surface area contributed by atoms with Gasteiger partial charge in [0.15, 0.2) is 0 Å². The van der Waals surface area contributed by atoms with Crippen LogP contribution >= 0.6 is 27.5 Å². The van der Waals surface area contributed by atoms with E-state index < -0.39 is 0 Å². The van der Waals surface area contributed by atoms with Gasteiger partial charge in [0, 0.05) is 5.33 Å². The highest BCUT2D eigenvalue weighted by atomic mass is 79.9. The van der Waals surface area contributed by atoms with Gasteiger partial charge in [-0.2, -0.15) is 0 Å². The highest BCUT2D eigenvalue weighted by Crippen LogP contribution is 2.23. The zero-order chi connectivity index (χ0) is 8.27. The molecule has 0 aliphatic rings. The summed E-state index contributed by atoms with van der Waals surface area (Å²) in [7, 11) is 0. The number of aryl methyl sites for hydroxylation is 1. The fraction of sp³-hybridized carbons (Fsp3) is 0.250. The molecule has 0 spiro atoms. The molecule has 0 fully saturated rings. The van der Waals surface area contributed by atoms with E-state index in [0.717, 1.165) is 17.3 Å². The molecule has 11 heavy (non-hydrogen) atoms. The summed E-state index contributed by atoms with van der Waals surface area (Å²) >= 11 is 9.01. The number of benzene rings is 1. The van der Waals surface area contributed by atoms with Crippen molar-refractivity contribution in [1.82, 2.24) is 0 Å². The van der Waals surface area contributed by atoms with Crippen molar-refractivity contribution in [2.75, 3.05) is 5.33 Å². The minimum atomic E-state index is 0.144. The Bertz CT molecular complexity index is 250. The predicted octanol–water partition coefficient (Wildman–Crippen LogP) is 2.98. The number of phenols is 1. The lowest BCUT2D eigenvalue weighted by Gasteiger charge is -1.99. The number of alkyl halides is 1. The van der Waals surface area contributed by atoms with Crippen molar-refractivity contribution in [2.45, 2.75) is 6.42 Å². The third kappa shape index (κ3) is 2.38. The van der Waals surface area contributed by atoms with Gasteiger partial charge in [0.2, 0.25) is 0 Å². The van der Waals surface area contributed by atoms with Crippen LogP contribution in [0.2, 0.25) is 5.02 Å². The fourth-order valence-corrected chi connectivity index (χ4v) is 1.48. The second-order valence-corrected chi connectivity index (χ2v) is 3.42. The topological polar surface area (TPSA) is 20.2 Å². The van der Waals surface area contributed by atoms with E-state index in [9.17, 15) is 0 Å². The number of phenolic OH excluding ortho intramolecular Hbond substituents is 1.